The van der Waals surface area contributed by atoms with Crippen LogP contribution in [0.1, 0.15) is 24.1 Å². The molecule has 1 aromatic carbocycles. The van der Waals surface area contributed by atoms with Crippen LogP contribution in [0.5, 0.6) is 0 Å². The lowest BCUT2D eigenvalue weighted by Crippen LogP contribution is -2.40. The van der Waals surface area contributed by atoms with Gasteiger partial charge < -0.3 is 15.3 Å². The van der Waals surface area contributed by atoms with Gasteiger partial charge in [0.25, 0.3) is 0 Å². The lowest BCUT2D eigenvalue weighted by atomic mass is 10.0. The number of benzene rings is 1. The van der Waals surface area contributed by atoms with Gasteiger partial charge >= 0.3 is 6.03 Å². The molecule has 0 radical (unpaired) electrons. The molecule has 1 rings (SSSR count). The molecule has 0 fully saturated rings. The molecule has 0 bridgehead atoms. The summed E-state index contributed by atoms with van der Waals surface area (Å²) in [4.78, 5) is 13.2. The van der Waals surface area contributed by atoms with Gasteiger partial charge in [0.1, 0.15) is 0 Å². The average molecular weight is 236 g/mol. The van der Waals surface area contributed by atoms with Gasteiger partial charge in [0.15, 0.2) is 0 Å². The Balaban J connectivity index is 2.63. The molecule has 1 atom stereocenters. The van der Waals surface area contributed by atoms with Crippen LogP contribution >= 0.6 is 0 Å². The molecule has 0 aliphatic carbocycles. The van der Waals surface area contributed by atoms with Crippen molar-refractivity contribution < 1.29 is 9.90 Å². The zero-order valence-electron chi connectivity index (χ0n) is 10.6. The second-order valence-corrected chi connectivity index (χ2v) is 4.17. The molecule has 94 valence electrons. The molecule has 1 aromatic rings. The van der Waals surface area contributed by atoms with Gasteiger partial charge in [-0.2, -0.15) is 0 Å². The number of aliphatic hydroxyl groups is 1. The fourth-order valence-electron chi connectivity index (χ4n) is 1.70. The van der Waals surface area contributed by atoms with Crippen molar-refractivity contribution >= 4 is 6.03 Å². The number of carbonyl (C=O) groups excluding carboxylic acids is 1. The van der Waals surface area contributed by atoms with Crippen molar-refractivity contribution in [1.29, 1.82) is 0 Å². The number of nitrogens with zero attached hydrogens (tertiary/aromatic N) is 1. The van der Waals surface area contributed by atoms with Crippen molar-refractivity contribution in [3.8, 4) is 0 Å². The van der Waals surface area contributed by atoms with E-state index in [2.05, 4.69) is 5.32 Å². The van der Waals surface area contributed by atoms with Crippen molar-refractivity contribution in [1.82, 2.24) is 10.2 Å². The summed E-state index contributed by atoms with van der Waals surface area (Å²) in [6.45, 7) is 4.29. The Bertz CT molecular complexity index is 379. The van der Waals surface area contributed by atoms with Gasteiger partial charge in [-0.1, -0.05) is 24.3 Å². The Morgan fingerprint density at radius 2 is 2.12 bits per heavy atom. The lowest BCUT2D eigenvalue weighted by Gasteiger charge is -2.21. The molecule has 0 spiro atoms. The second-order valence-electron chi connectivity index (χ2n) is 4.17. The maximum Gasteiger partial charge on any atom is 0.317 e. The van der Waals surface area contributed by atoms with Crippen molar-refractivity contribution in [3.05, 3.63) is 35.4 Å². The van der Waals surface area contributed by atoms with E-state index in [1.165, 1.54) is 4.90 Å². The summed E-state index contributed by atoms with van der Waals surface area (Å²) < 4.78 is 0. The first kappa shape index (κ1) is 13.5. The van der Waals surface area contributed by atoms with Gasteiger partial charge in [-0.05, 0) is 25.0 Å². The van der Waals surface area contributed by atoms with Gasteiger partial charge in [0.05, 0.1) is 12.6 Å². The number of aliphatic hydroxyl groups excluding tert-OH is 1. The topological polar surface area (TPSA) is 52.6 Å². The van der Waals surface area contributed by atoms with E-state index in [1.54, 1.807) is 7.05 Å². The Kier molecular flexibility index (Phi) is 4.97. The third-order valence-electron chi connectivity index (χ3n) is 2.78. The average Bonchev–Trinajstić information content (AvgIpc) is 2.29. The number of hydrogen-bond acceptors (Lipinski definition) is 2. The maximum absolute atomic E-state index is 11.7. The molecular formula is C13H20N2O2. The molecule has 17 heavy (non-hydrogen) atoms. The quantitative estimate of drug-likeness (QED) is 0.836. The van der Waals surface area contributed by atoms with Gasteiger partial charge in [0.2, 0.25) is 0 Å². The van der Waals surface area contributed by atoms with Crippen LogP contribution in [-0.4, -0.2) is 36.2 Å². The number of aryl methyl sites for hydroxylation is 1. The number of likely N-dealkylation sites (N-methyl/N-ethyl adjacent to an activating group) is 1. The van der Waals surface area contributed by atoms with E-state index in [9.17, 15) is 4.79 Å². The van der Waals surface area contributed by atoms with Crippen molar-refractivity contribution in [2.75, 3.05) is 20.2 Å². The predicted molar refractivity (Wildman–Crippen MR) is 67.8 cm³/mol. The summed E-state index contributed by atoms with van der Waals surface area (Å²) in [7, 11) is 1.66. The monoisotopic (exact) mass is 236 g/mol. The Morgan fingerprint density at radius 1 is 1.47 bits per heavy atom. The fraction of sp³-hybridized carbons (Fsp3) is 0.462. The number of hydrogen-bond donors (Lipinski definition) is 2. The first-order chi connectivity index (χ1) is 8.06. The second kappa shape index (κ2) is 6.25. The number of amides is 2. The van der Waals surface area contributed by atoms with Gasteiger partial charge in [-0.25, -0.2) is 4.79 Å². The van der Waals surface area contributed by atoms with Crippen LogP contribution in [0.2, 0.25) is 0 Å². The van der Waals surface area contributed by atoms with E-state index < -0.39 is 0 Å². The predicted octanol–water partition coefficient (Wildman–Crippen LogP) is 1.69. The highest BCUT2D eigenvalue weighted by molar-refractivity contribution is 5.74. The van der Waals surface area contributed by atoms with Gasteiger partial charge in [-0.3, -0.25) is 0 Å². The van der Waals surface area contributed by atoms with Crippen LogP contribution in [0, 0.1) is 6.92 Å². The molecule has 4 nitrogen and oxygen atoms in total. The first-order valence-corrected chi connectivity index (χ1v) is 5.74. The van der Waals surface area contributed by atoms with E-state index in [-0.39, 0.29) is 18.7 Å². The van der Waals surface area contributed by atoms with Crippen molar-refractivity contribution in [3.63, 3.8) is 0 Å². The highest BCUT2D eigenvalue weighted by Gasteiger charge is 2.13. The molecule has 0 aliphatic heterocycles. The molecule has 0 saturated carbocycles. The third kappa shape index (κ3) is 3.75. The van der Waals surface area contributed by atoms with E-state index in [0.29, 0.717) is 6.54 Å². The number of rotatable bonds is 4. The van der Waals surface area contributed by atoms with E-state index >= 15 is 0 Å². The highest BCUT2D eigenvalue weighted by atomic mass is 16.3. The zero-order chi connectivity index (χ0) is 12.8. The number of carbonyl (C=O) groups is 1. The lowest BCUT2D eigenvalue weighted by molar-refractivity contribution is 0.188. The Morgan fingerprint density at radius 3 is 2.71 bits per heavy atom. The molecule has 0 aliphatic rings. The molecular weight excluding hydrogens is 216 g/mol. The molecule has 0 aromatic heterocycles. The van der Waals surface area contributed by atoms with Gasteiger partial charge in [0, 0.05) is 13.6 Å². The van der Waals surface area contributed by atoms with Crippen LogP contribution in [0.25, 0.3) is 0 Å². The largest absolute Gasteiger partial charge is 0.395 e. The summed E-state index contributed by atoms with van der Waals surface area (Å²) in [6, 6.07) is 7.76. The van der Waals surface area contributed by atoms with Crippen molar-refractivity contribution in [2.24, 2.45) is 0 Å². The summed E-state index contributed by atoms with van der Waals surface area (Å²) >= 11 is 0. The molecule has 0 saturated heterocycles. The third-order valence-corrected chi connectivity index (χ3v) is 2.78. The minimum absolute atomic E-state index is 0.0251. The highest BCUT2D eigenvalue weighted by Crippen LogP contribution is 2.16. The van der Waals surface area contributed by atoms with Crippen molar-refractivity contribution in [2.45, 2.75) is 19.9 Å². The van der Waals surface area contributed by atoms with Crippen LogP contribution < -0.4 is 5.32 Å². The van der Waals surface area contributed by atoms with Crippen LogP contribution in [0.4, 0.5) is 4.79 Å². The van der Waals surface area contributed by atoms with E-state index in [1.807, 2.05) is 38.1 Å². The normalized spacial score (nSPS) is 12.0. The smallest absolute Gasteiger partial charge is 0.317 e. The SMILES string of the molecule is Cc1ccccc1C(C)NC(=O)N(C)CCO. The minimum Gasteiger partial charge on any atom is -0.395 e. The Hall–Kier alpha value is -1.55. The zero-order valence-corrected chi connectivity index (χ0v) is 10.6. The molecule has 4 heteroatoms. The Labute approximate surface area is 102 Å². The van der Waals surface area contributed by atoms with Crippen LogP contribution in [0.3, 0.4) is 0 Å². The minimum atomic E-state index is -0.171. The molecule has 2 N–H and O–H groups in total. The summed E-state index contributed by atoms with van der Waals surface area (Å²) in [5.41, 5.74) is 2.27. The van der Waals surface area contributed by atoms with Crippen LogP contribution in [-0.2, 0) is 0 Å². The number of urea groups is 1. The van der Waals surface area contributed by atoms with E-state index in [4.69, 9.17) is 5.11 Å². The number of nitrogens with one attached hydrogen (secondary N) is 1. The van der Waals surface area contributed by atoms with Crippen LogP contribution in [0.15, 0.2) is 24.3 Å². The fourth-order valence-corrected chi connectivity index (χ4v) is 1.70. The molecule has 2 amide bonds. The van der Waals surface area contributed by atoms with Gasteiger partial charge in [-0.15, -0.1) is 0 Å². The summed E-state index contributed by atoms with van der Waals surface area (Å²) in [5, 5.41) is 11.7. The molecule has 0 heterocycles. The standard InChI is InChI=1S/C13H20N2O2/c1-10-6-4-5-7-12(10)11(2)14-13(17)15(3)8-9-16/h4-7,11,16H,8-9H2,1-3H3,(H,14,17). The maximum atomic E-state index is 11.7. The van der Waals surface area contributed by atoms with E-state index in [0.717, 1.165) is 11.1 Å². The first-order valence-electron chi connectivity index (χ1n) is 5.74. The molecule has 1 unspecified atom stereocenters. The summed E-state index contributed by atoms with van der Waals surface area (Å²) in [5.74, 6) is 0. The summed E-state index contributed by atoms with van der Waals surface area (Å²) in [6.07, 6.45) is 0.